The number of thiocarbonyl (C=S) groups is 1. The summed E-state index contributed by atoms with van der Waals surface area (Å²) in [6.07, 6.45) is 18.2. The van der Waals surface area contributed by atoms with Crippen LogP contribution in [0.15, 0.2) is 35.3 Å². The SMILES string of the molecule is CCCCCCCCCCCCCCCCNC(=O)c1cc(OCCN=C=S)c2ccccc2c1O. The molecule has 2 aromatic rings. The molecule has 0 spiro atoms. The first kappa shape index (κ1) is 29.8. The summed E-state index contributed by atoms with van der Waals surface area (Å²) in [6, 6.07) is 8.97. The molecule has 0 unspecified atom stereocenters. The molecule has 0 aliphatic carbocycles. The molecule has 36 heavy (non-hydrogen) atoms. The number of rotatable bonds is 20. The van der Waals surface area contributed by atoms with Crippen molar-refractivity contribution in [1.82, 2.24) is 5.32 Å². The van der Waals surface area contributed by atoms with Gasteiger partial charge in [-0.05, 0) is 24.7 Å². The normalized spacial score (nSPS) is 10.8. The van der Waals surface area contributed by atoms with Crippen LogP contribution in [-0.4, -0.2) is 35.9 Å². The lowest BCUT2D eigenvalue weighted by Gasteiger charge is -2.14. The van der Waals surface area contributed by atoms with Gasteiger partial charge in [0.1, 0.15) is 18.1 Å². The summed E-state index contributed by atoms with van der Waals surface area (Å²) in [5, 5.41) is 17.3. The molecule has 0 aliphatic rings. The molecular weight excluding hydrogens is 468 g/mol. The number of phenolic OH excluding ortho intramolecular Hbond substituents is 1. The van der Waals surface area contributed by atoms with Gasteiger partial charge in [-0.3, -0.25) is 4.79 Å². The van der Waals surface area contributed by atoms with Gasteiger partial charge in [-0.15, -0.1) is 0 Å². The minimum atomic E-state index is -0.283. The number of unbranched alkanes of at least 4 members (excludes halogenated alkanes) is 13. The quantitative estimate of drug-likeness (QED) is 0.106. The van der Waals surface area contributed by atoms with E-state index in [1.54, 1.807) is 12.1 Å². The van der Waals surface area contributed by atoms with Crippen molar-refractivity contribution >= 4 is 34.1 Å². The number of amides is 1. The first-order valence-electron chi connectivity index (χ1n) is 13.9. The Bertz CT molecular complexity index is 957. The number of aromatic hydroxyl groups is 1. The summed E-state index contributed by atoms with van der Waals surface area (Å²) in [4.78, 5) is 16.7. The third kappa shape index (κ3) is 11.1. The highest BCUT2D eigenvalue weighted by Gasteiger charge is 2.17. The van der Waals surface area contributed by atoms with Gasteiger partial charge in [0.05, 0.1) is 17.3 Å². The van der Waals surface area contributed by atoms with Crippen LogP contribution in [0.1, 0.15) is 107 Å². The minimum absolute atomic E-state index is 0.0201. The van der Waals surface area contributed by atoms with E-state index in [1.165, 1.54) is 77.0 Å². The maximum atomic E-state index is 12.8. The maximum absolute atomic E-state index is 12.8. The number of phenols is 1. The molecule has 0 saturated carbocycles. The molecule has 5 nitrogen and oxygen atoms in total. The molecule has 198 valence electrons. The first-order valence-corrected chi connectivity index (χ1v) is 14.3. The van der Waals surface area contributed by atoms with Crippen LogP contribution in [0.25, 0.3) is 10.8 Å². The summed E-state index contributed by atoms with van der Waals surface area (Å²) in [7, 11) is 0. The van der Waals surface area contributed by atoms with E-state index >= 15 is 0 Å². The topological polar surface area (TPSA) is 70.9 Å². The summed E-state index contributed by atoms with van der Waals surface area (Å²) < 4.78 is 5.83. The number of benzene rings is 2. The number of hydrogen-bond acceptors (Lipinski definition) is 5. The van der Waals surface area contributed by atoms with Crippen LogP contribution in [-0.2, 0) is 0 Å². The zero-order valence-corrected chi connectivity index (χ0v) is 22.8. The molecule has 2 N–H and O–H groups in total. The smallest absolute Gasteiger partial charge is 0.255 e. The second-order valence-electron chi connectivity index (χ2n) is 9.49. The van der Waals surface area contributed by atoms with Crippen LogP contribution >= 0.6 is 12.2 Å². The average Bonchev–Trinajstić information content (AvgIpc) is 2.90. The molecule has 0 radical (unpaired) electrons. The minimum Gasteiger partial charge on any atom is -0.506 e. The molecule has 6 heteroatoms. The van der Waals surface area contributed by atoms with E-state index in [4.69, 9.17) is 4.74 Å². The third-order valence-electron chi connectivity index (χ3n) is 6.56. The van der Waals surface area contributed by atoms with Gasteiger partial charge in [0.15, 0.2) is 0 Å². The fraction of sp³-hybridized carbons (Fsp3) is 0.600. The highest BCUT2D eigenvalue weighted by atomic mass is 32.1. The van der Waals surface area contributed by atoms with Crippen LogP contribution in [0, 0.1) is 0 Å². The van der Waals surface area contributed by atoms with E-state index < -0.39 is 0 Å². The number of fused-ring (bicyclic) bond motifs is 1. The molecular formula is C30H44N2O3S. The van der Waals surface area contributed by atoms with Crippen LogP contribution < -0.4 is 10.1 Å². The van der Waals surface area contributed by atoms with E-state index in [1.807, 2.05) is 18.2 Å². The lowest BCUT2D eigenvalue weighted by molar-refractivity contribution is 0.0950. The van der Waals surface area contributed by atoms with E-state index in [0.717, 1.165) is 18.2 Å². The standard InChI is InChI=1S/C30H44N2O3S/c1-2-3-4-5-6-7-8-9-10-11-12-13-14-17-20-32-30(34)27-23-28(35-22-21-31-24-36)25-18-15-16-19-26(25)29(27)33/h15-16,18-19,23,33H,2-14,17,20-22H2,1H3,(H,32,34). The maximum Gasteiger partial charge on any atom is 0.255 e. The molecule has 0 saturated heterocycles. The van der Waals surface area contributed by atoms with Gasteiger partial charge >= 0.3 is 0 Å². The molecule has 0 heterocycles. The van der Waals surface area contributed by atoms with Crippen molar-refractivity contribution in [3.05, 3.63) is 35.9 Å². The number of carbonyl (C=O) groups excluding carboxylic acids is 1. The molecule has 0 aliphatic heterocycles. The van der Waals surface area contributed by atoms with E-state index in [-0.39, 0.29) is 17.2 Å². The van der Waals surface area contributed by atoms with Gasteiger partial charge in [-0.2, -0.15) is 0 Å². The summed E-state index contributed by atoms with van der Waals surface area (Å²) in [6.45, 7) is 3.57. The van der Waals surface area contributed by atoms with Gasteiger partial charge in [0.2, 0.25) is 0 Å². The highest BCUT2D eigenvalue weighted by molar-refractivity contribution is 7.78. The average molecular weight is 513 g/mol. The number of aliphatic imine (C=N–C) groups is 1. The van der Waals surface area contributed by atoms with Crippen molar-refractivity contribution < 1.29 is 14.6 Å². The van der Waals surface area contributed by atoms with Crippen LogP contribution in [0.3, 0.4) is 0 Å². The monoisotopic (exact) mass is 512 g/mol. The van der Waals surface area contributed by atoms with E-state index in [2.05, 4.69) is 34.6 Å². The van der Waals surface area contributed by atoms with Gasteiger partial charge in [-0.1, -0.05) is 115 Å². The summed E-state index contributed by atoms with van der Waals surface area (Å²) in [5.74, 6) is 0.243. The Kier molecular flexibility index (Phi) is 15.5. The lowest BCUT2D eigenvalue weighted by Crippen LogP contribution is -2.24. The van der Waals surface area contributed by atoms with Crippen molar-refractivity contribution in [2.24, 2.45) is 4.99 Å². The van der Waals surface area contributed by atoms with E-state index in [0.29, 0.717) is 30.8 Å². The van der Waals surface area contributed by atoms with Crippen molar-refractivity contribution in [3.63, 3.8) is 0 Å². The Balaban J connectivity index is 1.66. The molecule has 0 fully saturated rings. The molecule has 1 amide bonds. The Morgan fingerprint density at radius 1 is 0.917 bits per heavy atom. The van der Waals surface area contributed by atoms with Crippen LogP contribution in [0.5, 0.6) is 11.5 Å². The van der Waals surface area contributed by atoms with Crippen molar-refractivity contribution in [2.75, 3.05) is 19.7 Å². The molecule has 0 aromatic heterocycles. The van der Waals surface area contributed by atoms with Gasteiger partial charge in [0, 0.05) is 17.3 Å². The highest BCUT2D eigenvalue weighted by Crippen LogP contribution is 2.36. The predicted octanol–water partition coefficient (Wildman–Crippen LogP) is 8.24. The Hall–Kier alpha value is -2.43. The zero-order valence-electron chi connectivity index (χ0n) is 22.0. The Morgan fingerprint density at radius 2 is 1.47 bits per heavy atom. The summed E-state index contributed by atoms with van der Waals surface area (Å²) >= 11 is 4.59. The number of isothiocyanates is 1. The largest absolute Gasteiger partial charge is 0.506 e. The van der Waals surface area contributed by atoms with Gasteiger partial charge < -0.3 is 15.2 Å². The van der Waals surface area contributed by atoms with Gasteiger partial charge in [-0.25, -0.2) is 4.99 Å². The Labute approximate surface area is 222 Å². The second kappa shape index (κ2) is 18.8. The number of hydrogen-bond donors (Lipinski definition) is 2. The molecule has 2 aromatic carbocycles. The second-order valence-corrected chi connectivity index (χ2v) is 9.67. The Morgan fingerprint density at radius 3 is 2.06 bits per heavy atom. The third-order valence-corrected chi connectivity index (χ3v) is 6.69. The zero-order chi connectivity index (χ0) is 25.8. The predicted molar refractivity (Wildman–Crippen MR) is 154 cm³/mol. The fourth-order valence-electron chi connectivity index (χ4n) is 4.48. The number of ether oxygens (including phenoxy) is 1. The lowest BCUT2D eigenvalue weighted by atomic mass is 10.0. The number of nitrogens with zero attached hydrogens (tertiary/aromatic N) is 1. The fourth-order valence-corrected chi connectivity index (χ4v) is 4.57. The van der Waals surface area contributed by atoms with Crippen molar-refractivity contribution in [3.8, 4) is 11.5 Å². The van der Waals surface area contributed by atoms with Gasteiger partial charge in [0.25, 0.3) is 5.91 Å². The number of nitrogens with one attached hydrogen (secondary N) is 1. The summed E-state index contributed by atoms with van der Waals surface area (Å²) in [5.41, 5.74) is 0.229. The molecule has 2 rings (SSSR count). The first-order chi connectivity index (χ1) is 17.7. The molecule has 0 bridgehead atoms. The van der Waals surface area contributed by atoms with E-state index in [9.17, 15) is 9.90 Å². The van der Waals surface area contributed by atoms with Crippen LogP contribution in [0.4, 0.5) is 0 Å². The number of carbonyl (C=O) groups is 1. The van der Waals surface area contributed by atoms with Crippen molar-refractivity contribution in [1.29, 1.82) is 0 Å². The van der Waals surface area contributed by atoms with Crippen molar-refractivity contribution in [2.45, 2.75) is 96.8 Å². The molecule has 0 atom stereocenters. The van der Waals surface area contributed by atoms with Crippen LogP contribution in [0.2, 0.25) is 0 Å².